The number of fused-ring (bicyclic) bond motifs is 1. The van der Waals surface area contributed by atoms with E-state index in [9.17, 15) is 4.79 Å². The normalized spacial score (nSPS) is 12.4. The second-order valence-corrected chi connectivity index (χ2v) is 6.66. The molecule has 0 fully saturated rings. The molecular weight excluding hydrogens is 304 g/mol. The highest BCUT2D eigenvalue weighted by Gasteiger charge is 2.18. The van der Waals surface area contributed by atoms with E-state index in [0.29, 0.717) is 0 Å². The predicted molar refractivity (Wildman–Crippen MR) is 85.8 cm³/mol. The molecule has 4 nitrogen and oxygen atoms in total. The zero-order chi connectivity index (χ0) is 14.8. The molecule has 0 aliphatic rings. The number of carboxylic acids is 1. The minimum absolute atomic E-state index is 0.549. The number of rotatable bonds is 4. The molecule has 2 heterocycles. The molecule has 6 heteroatoms. The van der Waals surface area contributed by atoms with E-state index in [1.165, 1.54) is 18.1 Å². The average Bonchev–Trinajstić information content (AvgIpc) is 2.93. The van der Waals surface area contributed by atoms with Crippen LogP contribution in [0.1, 0.15) is 6.92 Å². The van der Waals surface area contributed by atoms with Crippen LogP contribution in [0.15, 0.2) is 47.1 Å². The van der Waals surface area contributed by atoms with Crippen LogP contribution < -0.4 is 0 Å². The lowest BCUT2D eigenvalue weighted by Crippen LogP contribution is -2.11. The number of hydrogen-bond acceptors (Lipinski definition) is 5. The lowest BCUT2D eigenvalue weighted by atomic mass is 10.1. The van der Waals surface area contributed by atoms with Crippen LogP contribution in [0.25, 0.3) is 21.3 Å². The second kappa shape index (κ2) is 5.83. The summed E-state index contributed by atoms with van der Waals surface area (Å²) in [6.45, 7) is 1.66. The van der Waals surface area contributed by atoms with Crippen molar-refractivity contribution in [3.8, 4) is 11.1 Å². The van der Waals surface area contributed by atoms with Gasteiger partial charge in [-0.1, -0.05) is 42.1 Å². The van der Waals surface area contributed by atoms with Crippen molar-refractivity contribution in [1.29, 1.82) is 0 Å². The van der Waals surface area contributed by atoms with E-state index in [0.717, 1.165) is 26.4 Å². The van der Waals surface area contributed by atoms with Crippen molar-refractivity contribution in [3.63, 3.8) is 0 Å². The summed E-state index contributed by atoms with van der Waals surface area (Å²) >= 11 is 2.80. The fourth-order valence-corrected chi connectivity index (χ4v) is 3.83. The molecule has 0 aliphatic heterocycles. The molecule has 0 bridgehead atoms. The summed E-state index contributed by atoms with van der Waals surface area (Å²) in [4.78, 5) is 20.5. The van der Waals surface area contributed by atoms with E-state index in [2.05, 4.69) is 9.97 Å². The van der Waals surface area contributed by atoms with Crippen LogP contribution in [0.5, 0.6) is 0 Å². The first-order valence-electron chi connectivity index (χ1n) is 6.34. The van der Waals surface area contributed by atoms with Gasteiger partial charge >= 0.3 is 5.97 Å². The van der Waals surface area contributed by atoms with Gasteiger partial charge in [0.15, 0.2) is 0 Å². The van der Waals surface area contributed by atoms with Crippen LogP contribution >= 0.6 is 23.1 Å². The molecule has 0 saturated heterocycles. The van der Waals surface area contributed by atoms with E-state index in [4.69, 9.17) is 5.11 Å². The molecule has 1 aromatic carbocycles. The van der Waals surface area contributed by atoms with Gasteiger partial charge in [-0.05, 0) is 12.5 Å². The number of aromatic nitrogens is 2. The monoisotopic (exact) mass is 316 g/mol. The van der Waals surface area contributed by atoms with Crippen molar-refractivity contribution in [3.05, 3.63) is 42.0 Å². The van der Waals surface area contributed by atoms with Gasteiger partial charge in [0.25, 0.3) is 0 Å². The van der Waals surface area contributed by atoms with E-state index in [1.54, 1.807) is 18.3 Å². The number of aliphatic carboxylic acids is 1. The van der Waals surface area contributed by atoms with Crippen molar-refractivity contribution in [1.82, 2.24) is 9.97 Å². The van der Waals surface area contributed by atoms with Gasteiger partial charge in [-0.2, -0.15) is 0 Å². The highest BCUT2D eigenvalue weighted by molar-refractivity contribution is 8.00. The zero-order valence-corrected chi connectivity index (χ0v) is 12.8. The number of thioether (sulfide) groups is 1. The first-order chi connectivity index (χ1) is 10.2. The van der Waals surface area contributed by atoms with E-state index >= 15 is 0 Å². The Bertz CT molecular complexity index is 787. The molecule has 21 heavy (non-hydrogen) atoms. The van der Waals surface area contributed by atoms with Crippen LogP contribution in [0.3, 0.4) is 0 Å². The first-order valence-corrected chi connectivity index (χ1v) is 8.10. The molecule has 0 radical (unpaired) electrons. The summed E-state index contributed by atoms with van der Waals surface area (Å²) in [5, 5.41) is 12.2. The lowest BCUT2D eigenvalue weighted by molar-refractivity contribution is -0.136. The molecule has 1 N–H and O–H groups in total. The molecule has 3 rings (SSSR count). The molecule has 1 unspecified atom stereocenters. The van der Waals surface area contributed by atoms with Crippen molar-refractivity contribution in [2.75, 3.05) is 0 Å². The van der Waals surface area contributed by atoms with Gasteiger partial charge in [0, 0.05) is 10.9 Å². The molecule has 106 valence electrons. The highest BCUT2D eigenvalue weighted by Crippen LogP contribution is 2.38. The first kappa shape index (κ1) is 14.0. The van der Waals surface area contributed by atoms with Gasteiger partial charge in [0.05, 0.1) is 5.39 Å². The number of hydrogen-bond donors (Lipinski definition) is 1. The molecule has 0 amide bonds. The van der Waals surface area contributed by atoms with Crippen LogP contribution in [0, 0.1) is 0 Å². The maximum Gasteiger partial charge on any atom is 0.316 e. The zero-order valence-electron chi connectivity index (χ0n) is 11.2. The van der Waals surface area contributed by atoms with Crippen molar-refractivity contribution in [2.24, 2.45) is 0 Å². The van der Waals surface area contributed by atoms with Crippen LogP contribution in [0.2, 0.25) is 0 Å². The third-order valence-electron chi connectivity index (χ3n) is 3.06. The summed E-state index contributed by atoms with van der Waals surface area (Å²) in [7, 11) is 0. The fourth-order valence-electron chi connectivity index (χ4n) is 1.99. The van der Waals surface area contributed by atoms with E-state index in [1.807, 2.05) is 35.7 Å². The summed E-state index contributed by atoms with van der Waals surface area (Å²) in [6.07, 6.45) is 1.49. The number of carbonyl (C=O) groups is 1. The number of benzene rings is 1. The summed E-state index contributed by atoms with van der Waals surface area (Å²) in [5.74, 6) is -0.844. The Balaban J connectivity index is 2.13. The van der Waals surface area contributed by atoms with Gasteiger partial charge in [-0.3, -0.25) is 4.79 Å². The Kier molecular flexibility index (Phi) is 3.90. The SMILES string of the molecule is CC(Sc1ncnc2scc(-c3ccccc3)c12)C(=O)O. The maximum atomic E-state index is 11.1. The maximum absolute atomic E-state index is 11.1. The highest BCUT2D eigenvalue weighted by atomic mass is 32.2. The van der Waals surface area contributed by atoms with Gasteiger partial charge in [-0.15, -0.1) is 11.3 Å². The number of thiophene rings is 1. The molecule has 2 aromatic heterocycles. The molecule has 1 atom stereocenters. The van der Waals surface area contributed by atoms with Gasteiger partial charge in [0.2, 0.25) is 0 Å². The van der Waals surface area contributed by atoms with Gasteiger partial charge in [0.1, 0.15) is 21.4 Å². The number of nitrogens with zero attached hydrogens (tertiary/aromatic N) is 2. The molecule has 0 aliphatic carbocycles. The standard InChI is InChI=1S/C15H12N2O2S2/c1-9(15(18)19)21-14-12-11(10-5-3-2-4-6-10)7-20-13(12)16-8-17-14/h2-9H,1H3,(H,18,19). The van der Waals surface area contributed by atoms with Crippen LogP contribution in [0.4, 0.5) is 0 Å². The van der Waals surface area contributed by atoms with E-state index < -0.39 is 11.2 Å². The lowest BCUT2D eigenvalue weighted by Gasteiger charge is -2.07. The molecular formula is C15H12N2O2S2. The fraction of sp³-hybridized carbons (Fsp3) is 0.133. The van der Waals surface area contributed by atoms with E-state index in [-0.39, 0.29) is 0 Å². The predicted octanol–water partition coefficient (Wildman–Crippen LogP) is 3.92. The second-order valence-electron chi connectivity index (χ2n) is 4.47. The third kappa shape index (κ3) is 2.77. The van der Waals surface area contributed by atoms with Crippen LogP contribution in [-0.2, 0) is 4.79 Å². The smallest absolute Gasteiger partial charge is 0.316 e. The summed E-state index contributed by atoms with van der Waals surface area (Å²) < 4.78 is 0. The quantitative estimate of drug-likeness (QED) is 0.584. The summed E-state index contributed by atoms with van der Waals surface area (Å²) in [5.41, 5.74) is 2.14. The largest absolute Gasteiger partial charge is 0.480 e. The molecule has 3 aromatic rings. The Morgan fingerprint density at radius 3 is 2.76 bits per heavy atom. The number of carboxylic acid groups (broad SMARTS) is 1. The Hall–Kier alpha value is -1.92. The Morgan fingerprint density at radius 1 is 1.29 bits per heavy atom. The minimum Gasteiger partial charge on any atom is -0.480 e. The van der Waals surface area contributed by atoms with Crippen molar-refractivity contribution >= 4 is 39.3 Å². The topological polar surface area (TPSA) is 63.1 Å². The average molecular weight is 316 g/mol. The Labute approximate surface area is 129 Å². The molecule has 0 saturated carbocycles. The minimum atomic E-state index is -0.844. The van der Waals surface area contributed by atoms with Gasteiger partial charge in [-0.25, -0.2) is 9.97 Å². The van der Waals surface area contributed by atoms with Crippen LogP contribution in [-0.4, -0.2) is 26.3 Å². The van der Waals surface area contributed by atoms with Crippen molar-refractivity contribution < 1.29 is 9.90 Å². The van der Waals surface area contributed by atoms with Gasteiger partial charge < -0.3 is 5.11 Å². The Morgan fingerprint density at radius 2 is 2.05 bits per heavy atom. The molecule has 0 spiro atoms. The third-order valence-corrected chi connectivity index (χ3v) is 5.03. The van der Waals surface area contributed by atoms with Crippen molar-refractivity contribution in [2.45, 2.75) is 17.2 Å². The summed E-state index contributed by atoms with van der Waals surface area (Å²) in [6, 6.07) is 9.99.